The Morgan fingerprint density at radius 3 is 2.83 bits per heavy atom. The standard InChI is InChI=1S/C7H9BrN2OS/c1-10(4-6(9)11)7-3-2-5(8)12-7/h2-3H,4H2,1H3,(H2,9,11). The maximum atomic E-state index is 10.6. The van der Waals surface area contributed by atoms with E-state index in [1.807, 2.05) is 24.1 Å². The number of carbonyl (C=O) groups excluding carboxylic acids is 1. The number of primary amides is 1. The highest BCUT2D eigenvalue weighted by atomic mass is 79.9. The Hall–Kier alpha value is -0.550. The molecule has 0 bridgehead atoms. The second kappa shape index (κ2) is 3.91. The van der Waals surface area contributed by atoms with Crippen molar-refractivity contribution in [2.45, 2.75) is 0 Å². The normalized spacial score (nSPS) is 9.83. The number of anilines is 1. The van der Waals surface area contributed by atoms with Crippen molar-refractivity contribution in [1.82, 2.24) is 0 Å². The molecule has 0 saturated carbocycles. The molecule has 0 saturated heterocycles. The summed E-state index contributed by atoms with van der Waals surface area (Å²) in [6.07, 6.45) is 0. The second-order valence-electron chi connectivity index (χ2n) is 2.40. The quantitative estimate of drug-likeness (QED) is 0.880. The number of nitrogens with two attached hydrogens (primary N) is 1. The summed E-state index contributed by atoms with van der Waals surface area (Å²) in [5.41, 5.74) is 5.05. The van der Waals surface area contributed by atoms with Gasteiger partial charge in [0.2, 0.25) is 5.91 Å². The molecule has 1 aromatic heterocycles. The third-order valence-corrected chi connectivity index (χ3v) is 3.07. The smallest absolute Gasteiger partial charge is 0.236 e. The first-order chi connectivity index (χ1) is 5.59. The summed E-state index contributed by atoms with van der Waals surface area (Å²) in [4.78, 5) is 12.4. The molecule has 1 aromatic rings. The van der Waals surface area contributed by atoms with E-state index in [0.29, 0.717) is 0 Å². The Morgan fingerprint density at radius 1 is 1.75 bits per heavy atom. The number of hydrogen-bond donors (Lipinski definition) is 1. The van der Waals surface area contributed by atoms with Crippen LogP contribution in [0.2, 0.25) is 0 Å². The van der Waals surface area contributed by atoms with Crippen LogP contribution < -0.4 is 10.6 Å². The molecule has 0 aliphatic carbocycles. The Kier molecular flexibility index (Phi) is 3.11. The van der Waals surface area contributed by atoms with Gasteiger partial charge in [-0.15, -0.1) is 11.3 Å². The molecule has 0 fully saturated rings. The molecule has 1 amide bonds. The molecule has 0 unspecified atom stereocenters. The van der Waals surface area contributed by atoms with Crippen LogP contribution in [-0.4, -0.2) is 19.5 Å². The Labute approximate surface area is 83.3 Å². The third-order valence-electron chi connectivity index (χ3n) is 1.33. The van der Waals surface area contributed by atoms with Crippen LogP contribution in [0, 0.1) is 0 Å². The van der Waals surface area contributed by atoms with Crippen LogP contribution in [-0.2, 0) is 4.79 Å². The average molecular weight is 249 g/mol. The molecule has 0 atom stereocenters. The molecule has 1 rings (SSSR count). The van der Waals surface area contributed by atoms with E-state index in [2.05, 4.69) is 15.9 Å². The van der Waals surface area contributed by atoms with Gasteiger partial charge in [0.05, 0.1) is 15.3 Å². The zero-order valence-electron chi connectivity index (χ0n) is 6.58. The predicted molar refractivity (Wildman–Crippen MR) is 54.5 cm³/mol. The van der Waals surface area contributed by atoms with Crippen LogP contribution in [0.15, 0.2) is 15.9 Å². The van der Waals surface area contributed by atoms with Crippen molar-refractivity contribution in [2.75, 3.05) is 18.5 Å². The summed E-state index contributed by atoms with van der Waals surface area (Å²) in [5, 5.41) is 1.03. The number of amides is 1. The van der Waals surface area contributed by atoms with Gasteiger partial charge in [0.1, 0.15) is 0 Å². The van der Waals surface area contributed by atoms with E-state index in [1.54, 1.807) is 11.3 Å². The molecule has 0 aliphatic rings. The maximum absolute atomic E-state index is 10.6. The number of carbonyl (C=O) groups is 1. The minimum Gasteiger partial charge on any atom is -0.368 e. The lowest BCUT2D eigenvalue weighted by molar-refractivity contribution is -0.116. The minimum atomic E-state index is -0.318. The number of hydrogen-bond acceptors (Lipinski definition) is 3. The molecule has 3 nitrogen and oxygen atoms in total. The first kappa shape index (κ1) is 9.54. The van der Waals surface area contributed by atoms with Crippen molar-refractivity contribution in [3.63, 3.8) is 0 Å². The lowest BCUT2D eigenvalue weighted by Crippen LogP contribution is -2.29. The predicted octanol–water partition coefficient (Wildman–Crippen LogP) is 1.43. The third kappa shape index (κ3) is 2.49. The van der Waals surface area contributed by atoms with Crippen molar-refractivity contribution in [3.05, 3.63) is 15.9 Å². The first-order valence-electron chi connectivity index (χ1n) is 3.34. The van der Waals surface area contributed by atoms with E-state index in [4.69, 9.17) is 5.73 Å². The van der Waals surface area contributed by atoms with Gasteiger partial charge in [-0.3, -0.25) is 4.79 Å². The number of likely N-dealkylation sites (N-methyl/N-ethyl adjacent to an activating group) is 1. The van der Waals surface area contributed by atoms with Crippen molar-refractivity contribution >= 4 is 38.2 Å². The van der Waals surface area contributed by atoms with Crippen molar-refractivity contribution in [1.29, 1.82) is 0 Å². The highest BCUT2D eigenvalue weighted by molar-refractivity contribution is 9.11. The first-order valence-corrected chi connectivity index (χ1v) is 4.95. The fraction of sp³-hybridized carbons (Fsp3) is 0.286. The highest BCUT2D eigenvalue weighted by Crippen LogP contribution is 2.28. The highest BCUT2D eigenvalue weighted by Gasteiger charge is 2.05. The molecular weight excluding hydrogens is 240 g/mol. The summed E-state index contributed by atoms with van der Waals surface area (Å²) in [7, 11) is 1.84. The largest absolute Gasteiger partial charge is 0.368 e. The van der Waals surface area contributed by atoms with Crippen LogP contribution in [0.3, 0.4) is 0 Å². The van der Waals surface area contributed by atoms with Crippen LogP contribution in [0.5, 0.6) is 0 Å². The van der Waals surface area contributed by atoms with Crippen molar-refractivity contribution in [3.8, 4) is 0 Å². The lowest BCUT2D eigenvalue weighted by atomic mass is 10.5. The molecule has 0 spiro atoms. The molecule has 66 valence electrons. The van der Waals surface area contributed by atoms with Gasteiger partial charge < -0.3 is 10.6 Å². The van der Waals surface area contributed by atoms with E-state index >= 15 is 0 Å². The summed E-state index contributed by atoms with van der Waals surface area (Å²) in [5.74, 6) is -0.318. The summed E-state index contributed by atoms with van der Waals surface area (Å²) in [6.45, 7) is 0.257. The average Bonchev–Trinajstić information content (AvgIpc) is 2.34. The monoisotopic (exact) mass is 248 g/mol. The van der Waals surface area contributed by atoms with Crippen LogP contribution in [0.1, 0.15) is 0 Å². The zero-order chi connectivity index (χ0) is 9.14. The zero-order valence-corrected chi connectivity index (χ0v) is 8.98. The number of halogens is 1. The van der Waals surface area contributed by atoms with Gasteiger partial charge in [-0.2, -0.15) is 0 Å². The molecule has 2 N–H and O–H groups in total. The van der Waals surface area contributed by atoms with E-state index in [9.17, 15) is 4.79 Å². The Balaban J connectivity index is 2.64. The summed E-state index contributed by atoms with van der Waals surface area (Å²) < 4.78 is 1.05. The fourth-order valence-electron chi connectivity index (χ4n) is 0.822. The van der Waals surface area contributed by atoms with Crippen molar-refractivity contribution < 1.29 is 4.79 Å². The van der Waals surface area contributed by atoms with Gasteiger partial charge in [-0.25, -0.2) is 0 Å². The van der Waals surface area contributed by atoms with Gasteiger partial charge in [0.25, 0.3) is 0 Å². The maximum Gasteiger partial charge on any atom is 0.236 e. The van der Waals surface area contributed by atoms with E-state index in [0.717, 1.165) is 8.79 Å². The number of thiophene rings is 1. The molecule has 0 aromatic carbocycles. The van der Waals surface area contributed by atoms with Gasteiger partial charge in [-0.1, -0.05) is 0 Å². The van der Waals surface area contributed by atoms with E-state index in [-0.39, 0.29) is 12.5 Å². The van der Waals surface area contributed by atoms with Crippen LogP contribution in [0.25, 0.3) is 0 Å². The summed E-state index contributed by atoms with van der Waals surface area (Å²) >= 11 is 4.91. The van der Waals surface area contributed by atoms with E-state index < -0.39 is 0 Å². The van der Waals surface area contributed by atoms with Gasteiger partial charge in [0.15, 0.2) is 0 Å². The summed E-state index contributed by atoms with van der Waals surface area (Å²) in [6, 6.07) is 3.88. The van der Waals surface area contributed by atoms with Gasteiger partial charge in [0, 0.05) is 7.05 Å². The molecule has 12 heavy (non-hydrogen) atoms. The van der Waals surface area contributed by atoms with Gasteiger partial charge in [-0.05, 0) is 28.1 Å². The topological polar surface area (TPSA) is 46.3 Å². The number of rotatable bonds is 3. The Bertz CT molecular complexity index is 287. The van der Waals surface area contributed by atoms with Crippen LogP contribution in [0.4, 0.5) is 5.00 Å². The second-order valence-corrected chi connectivity index (χ2v) is 4.84. The van der Waals surface area contributed by atoms with Gasteiger partial charge >= 0.3 is 0 Å². The Morgan fingerprint density at radius 2 is 2.42 bits per heavy atom. The molecule has 5 heteroatoms. The molecule has 1 heterocycles. The fourth-order valence-corrected chi connectivity index (χ4v) is 2.14. The van der Waals surface area contributed by atoms with E-state index in [1.165, 1.54) is 0 Å². The van der Waals surface area contributed by atoms with Crippen molar-refractivity contribution in [2.24, 2.45) is 5.73 Å². The molecule has 0 radical (unpaired) electrons. The molecular formula is C7H9BrN2OS. The molecule has 0 aliphatic heterocycles. The lowest BCUT2D eigenvalue weighted by Gasteiger charge is -2.13. The minimum absolute atomic E-state index is 0.257. The number of nitrogens with zero attached hydrogens (tertiary/aromatic N) is 1. The van der Waals surface area contributed by atoms with Crippen LogP contribution >= 0.6 is 27.3 Å². The SMILES string of the molecule is CN(CC(N)=O)c1ccc(Br)s1.